The molecule has 1 aliphatic rings. The third kappa shape index (κ3) is 5.64. The van der Waals surface area contributed by atoms with Gasteiger partial charge in [-0.1, -0.05) is 0 Å². The number of alkyl halides is 2. The van der Waals surface area contributed by atoms with Crippen molar-refractivity contribution in [3.8, 4) is 22.7 Å². The van der Waals surface area contributed by atoms with Gasteiger partial charge in [-0.15, -0.1) is 0 Å². The summed E-state index contributed by atoms with van der Waals surface area (Å²) in [6.45, 7) is -1.20. The molecule has 0 N–H and O–H groups in total. The second kappa shape index (κ2) is 10.2. The summed E-state index contributed by atoms with van der Waals surface area (Å²) in [5.74, 6) is -1.01. The van der Waals surface area contributed by atoms with E-state index in [1.165, 1.54) is 12.1 Å². The van der Waals surface area contributed by atoms with Crippen LogP contribution in [-0.4, -0.2) is 70.4 Å². The van der Waals surface area contributed by atoms with Gasteiger partial charge in [-0.25, -0.2) is 17.8 Å². The molecule has 8 nitrogen and oxygen atoms in total. The molecule has 4 aromatic rings. The molecular weight excluding hydrogens is 507 g/mol. The quantitative estimate of drug-likeness (QED) is 0.343. The number of fused-ring (bicyclic) bond motifs is 1. The number of halogens is 3. The highest BCUT2D eigenvalue weighted by molar-refractivity contribution is 7.91. The minimum absolute atomic E-state index is 0.204. The van der Waals surface area contributed by atoms with E-state index in [1.807, 2.05) is 30.1 Å². The molecule has 0 radical (unpaired) electrons. The maximum atomic E-state index is 14.4. The molecule has 5 rings (SSSR count). The van der Waals surface area contributed by atoms with Crippen LogP contribution in [0, 0.1) is 5.82 Å². The largest absolute Gasteiger partial charge is 0.432 e. The van der Waals surface area contributed by atoms with E-state index in [2.05, 4.69) is 14.7 Å². The second-order valence-electron chi connectivity index (χ2n) is 9.08. The molecule has 37 heavy (non-hydrogen) atoms. The molecule has 1 saturated heterocycles. The molecule has 0 amide bonds. The van der Waals surface area contributed by atoms with Crippen molar-refractivity contribution < 1.29 is 26.3 Å². The van der Waals surface area contributed by atoms with Gasteiger partial charge in [0.25, 0.3) is 0 Å². The topological polar surface area (TPSA) is 82.2 Å². The minimum atomic E-state index is -3.11. The molecule has 4 heterocycles. The predicted molar refractivity (Wildman–Crippen MR) is 133 cm³/mol. The Bertz CT molecular complexity index is 1520. The van der Waals surface area contributed by atoms with Gasteiger partial charge >= 0.3 is 6.61 Å². The van der Waals surface area contributed by atoms with Gasteiger partial charge in [0.05, 0.1) is 29.1 Å². The average molecular weight is 534 g/mol. The number of pyridine rings is 1. The van der Waals surface area contributed by atoms with Gasteiger partial charge in [0.2, 0.25) is 0 Å². The van der Waals surface area contributed by atoms with Crippen LogP contribution >= 0.6 is 0 Å². The number of aryl methyl sites for hydroxylation is 2. The van der Waals surface area contributed by atoms with Crippen molar-refractivity contribution in [3.63, 3.8) is 0 Å². The first kappa shape index (κ1) is 25.3. The number of aromatic nitrogens is 4. The number of hydrogen-bond acceptors (Lipinski definition) is 6. The molecule has 0 atom stereocenters. The summed E-state index contributed by atoms with van der Waals surface area (Å²) < 4.78 is 70.5. The lowest BCUT2D eigenvalue weighted by Crippen LogP contribution is -2.40. The van der Waals surface area contributed by atoms with E-state index < -0.39 is 28.0 Å². The van der Waals surface area contributed by atoms with Crippen LogP contribution in [0.5, 0.6) is 5.75 Å². The predicted octanol–water partition coefficient (Wildman–Crippen LogP) is 3.83. The lowest BCUT2D eigenvalue weighted by Gasteiger charge is -2.26. The third-order valence-electron chi connectivity index (χ3n) is 6.50. The van der Waals surface area contributed by atoms with Crippen LogP contribution in [0.15, 0.2) is 48.9 Å². The monoisotopic (exact) mass is 533 g/mol. The van der Waals surface area contributed by atoms with Crippen molar-refractivity contribution in [2.45, 2.75) is 19.5 Å². The summed E-state index contributed by atoms with van der Waals surface area (Å²) in [6, 6.07) is 7.49. The third-order valence-corrected chi connectivity index (χ3v) is 8.11. The van der Waals surface area contributed by atoms with Crippen LogP contribution < -0.4 is 4.74 Å². The Balaban J connectivity index is 1.43. The minimum Gasteiger partial charge on any atom is -0.432 e. The van der Waals surface area contributed by atoms with Crippen molar-refractivity contribution in [2.75, 3.05) is 31.1 Å². The second-order valence-corrected chi connectivity index (χ2v) is 11.4. The summed E-state index contributed by atoms with van der Waals surface area (Å²) in [4.78, 5) is 6.96. The molecule has 3 aromatic heterocycles. The van der Waals surface area contributed by atoms with Gasteiger partial charge in [0, 0.05) is 43.5 Å². The number of benzene rings is 1. The van der Waals surface area contributed by atoms with E-state index in [-0.39, 0.29) is 11.5 Å². The van der Waals surface area contributed by atoms with Crippen LogP contribution in [0.3, 0.4) is 0 Å². The van der Waals surface area contributed by atoms with Crippen molar-refractivity contribution in [3.05, 3.63) is 60.3 Å². The van der Waals surface area contributed by atoms with Crippen LogP contribution in [0.25, 0.3) is 28.0 Å². The number of rotatable bonds is 8. The van der Waals surface area contributed by atoms with Crippen LogP contribution in [0.4, 0.5) is 13.2 Å². The van der Waals surface area contributed by atoms with Crippen LogP contribution in [-0.2, 0) is 23.3 Å². The highest BCUT2D eigenvalue weighted by Crippen LogP contribution is 2.30. The maximum absolute atomic E-state index is 14.4. The molecule has 0 saturated carbocycles. The molecular formula is C25H26F3N5O3S. The van der Waals surface area contributed by atoms with Gasteiger partial charge in [-0.05, 0) is 55.3 Å². The fourth-order valence-electron chi connectivity index (χ4n) is 4.58. The van der Waals surface area contributed by atoms with Gasteiger partial charge in [-0.2, -0.15) is 13.9 Å². The van der Waals surface area contributed by atoms with E-state index in [1.54, 1.807) is 16.9 Å². The Morgan fingerprint density at radius 2 is 1.89 bits per heavy atom. The standard InChI is InChI=1S/C25H26F3N5O3S/c1-31-16-19(14-29-31)33-15-18(3-2-8-32-9-11-37(34,35)12-10-32)20-5-6-22(30-24(20)33)17-4-7-23(21(26)13-17)36-25(27)28/h4-7,13-16,25H,2-3,8-12H2,1H3. The summed E-state index contributed by atoms with van der Waals surface area (Å²) >= 11 is 0. The Morgan fingerprint density at radius 3 is 2.57 bits per heavy atom. The fraction of sp³-hybridized carbons (Fsp3) is 0.360. The number of hydrogen-bond donors (Lipinski definition) is 0. The van der Waals surface area contributed by atoms with E-state index >= 15 is 0 Å². The molecule has 1 fully saturated rings. The average Bonchev–Trinajstić information content (AvgIpc) is 3.44. The summed E-state index contributed by atoms with van der Waals surface area (Å²) in [6.07, 6.45) is 7.22. The molecule has 12 heteroatoms. The van der Waals surface area contributed by atoms with Crippen molar-refractivity contribution in [1.82, 2.24) is 24.2 Å². The zero-order chi connectivity index (χ0) is 26.2. The Kier molecular flexibility index (Phi) is 6.95. The zero-order valence-corrected chi connectivity index (χ0v) is 21.0. The van der Waals surface area contributed by atoms with Gasteiger partial charge in [0.15, 0.2) is 21.4 Å². The van der Waals surface area contributed by atoms with Crippen molar-refractivity contribution in [1.29, 1.82) is 0 Å². The van der Waals surface area contributed by atoms with Crippen molar-refractivity contribution >= 4 is 20.9 Å². The van der Waals surface area contributed by atoms with Gasteiger partial charge in [0.1, 0.15) is 5.65 Å². The first-order valence-electron chi connectivity index (χ1n) is 11.9. The summed E-state index contributed by atoms with van der Waals surface area (Å²) in [7, 11) is -1.09. The normalized spacial score (nSPS) is 16.0. The molecule has 1 aliphatic heterocycles. The van der Waals surface area contributed by atoms with Crippen molar-refractivity contribution in [2.24, 2.45) is 7.05 Å². The number of sulfone groups is 1. The Morgan fingerprint density at radius 1 is 1.11 bits per heavy atom. The Labute approximate surface area is 212 Å². The smallest absolute Gasteiger partial charge is 0.387 e. The maximum Gasteiger partial charge on any atom is 0.387 e. The van der Waals surface area contributed by atoms with Crippen LogP contribution in [0.2, 0.25) is 0 Å². The first-order valence-corrected chi connectivity index (χ1v) is 13.7. The molecule has 0 aliphatic carbocycles. The summed E-state index contributed by atoms with van der Waals surface area (Å²) in [5, 5.41) is 5.19. The van der Waals surface area contributed by atoms with E-state index in [0.717, 1.165) is 42.1 Å². The lowest BCUT2D eigenvalue weighted by atomic mass is 10.1. The van der Waals surface area contributed by atoms with Gasteiger partial charge in [-0.3, -0.25) is 9.25 Å². The van der Waals surface area contributed by atoms with E-state index in [0.29, 0.717) is 30.0 Å². The molecule has 196 valence electrons. The molecule has 0 bridgehead atoms. The molecule has 0 unspecified atom stereocenters. The fourth-order valence-corrected chi connectivity index (χ4v) is 5.85. The van der Waals surface area contributed by atoms with Crippen LogP contribution in [0.1, 0.15) is 12.0 Å². The number of nitrogens with zero attached hydrogens (tertiary/aromatic N) is 5. The highest BCUT2D eigenvalue weighted by atomic mass is 32.2. The van der Waals surface area contributed by atoms with E-state index in [4.69, 9.17) is 4.98 Å². The Hall–Kier alpha value is -3.38. The number of ether oxygens (including phenoxy) is 1. The summed E-state index contributed by atoms with van der Waals surface area (Å²) in [5.41, 5.74) is 3.48. The van der Waals surface area contributed by atoms with Gasteiger partial charge < -0.3 is 9.64 Å². The lowest BCUT2D eigenvalue weighted by molar-refractivity contribution is -0.0521. The zero-order valence-electron chi connectivity index (χ0n) is 20.1. The SMILES string of the molecule is Cn1cc(-n2cc(CCCN3CCS(=O)(=O)CC3)c3ccc(-c4ccc(OC(F)F)c(F)c4)nc32)cn1. The molecule has 1 aromatic carbocycles. The van der Waals surface area contributed by atoms with E-state index in [9.17, 15) is 21.6 Å². The first-order chi connectivity index (χ1) is 17.7. The highest BCUT2D eigenvalue weighted by Gasteiger charge is 2.21. The molecule has 0 spiro atoms.